The first kappa shape index (κ1) is 18.0. The summed E-state index contributed by atoms with van der Waals surface area (Å²) < 4.78 is 5.86. The van der Waals surface area contributed by atoms with Crippen LogP contribution in [-0.2, 0) is 17.6 Å². The molecular formula is C19H25N3O2S2. The van der Waals surface area contributed by atoms with Crippen molar-refractivity contribution in [3.05, 3.63) is 16.5 Å². The Kier molecular flexibility index (Phi) is 5.36. The average Bonchev–Trinajstić information content (AvgIpc) is 3.28. The molecule has 2 aliphatic rings. The highest BCUT2D eigenvalue weighted by atomic mass is 32.2. The van der Waals surface area contributed by atoms with Gasteiger partial charge in [-0.1, -0.05) is 18.7 Å². The second kappa shape index (κ2) is 7.72. The van der Waals surface area contributed by atoms with Crippen LogP contribution in [0.4, 0.5) is 0 Å². The third-order valence-electron chi connectivity index (χ3n) is 5.24. The van der Waals surface area contributed by atoms with Gasteiger partial charge in [0.05, 0.1) is 10.1 Å². The van der Waals surface area contributed by atoms with Crippen LogP contribution in [0.2, 0.25) is 0 Å². The zero-order valence-electron chi connectivity index (χ0n) is 15.4. The second-order valence-corrected chi connectivity index (χ2v) is 9.85. The van der Waals surface area contributed by atoms with Gasteiger partial charge < -0.3 is 9.32 Å². The summed E-state index contributed by atoms with van der Waals surface area (Å²) in [6.07, 6.45) is 6.99. The van der Waals surface area contributed by atoms with Crippen molar-refractivity contribution in [3.8, 4) is 10.8 Å². The number of nitrogens with zero attached hydrogens (tertiary/aromatic N) is 3. The van der Waals surface area contributed by atoms with Gasteiger partial charge in [0.15, 0.2) is 0 Å². The van der Waals surface area contributed by atoms with Crippen molar-refractivity contribution >= 4 is 29.0 Å². The predicted octanol–water partition coefficient (Wildman–Crippen LogP) is 4.42. The van der Waals surface area contributed by atoms with Gasteiger partial charge in [-0.25, -0.2) is 0 Å². The molecule has 0 radical (unpaired) electrons. The number of hydrogen-bond acceptors (Lipinski definition) is 6. The van der Waals surface area contributed by atoms with E-state index in [0.717, 1.165) is 49.6 Å². The Morgan fingerprint density at radius 3 is 2.96 bits per heavy atom. The van der Waals surface area contributed by atoms with Crippen LogP contribution in [0.25, 0.3) is 10.8 Å². The molecule has 1 amide bonds. The molecule has 0 spiro atoms. The number of thioether (sulfide) groups is 1. The van der Waals surface area contributed by atoms with Crippen LogP contribution >= 0.6 is 23.1 Å². The minimum atomic E-state index is -0.196. The monoisotopic (exact) mass is 391 g/mol. The van der Waals surface area contributed by atoms with Crippen molar-refractivity contribution in [1.82, 2.24) is 15.1 Å². The van der Waals surface area contributed by atoms with E-state index in [1.807, 2.05) is 11.8 Å². The lowest BCUT2D eigenvalue weighted by Crippen LogP contribution is -2.40. The fraction of sp³-hybridized carbons (Fsp3) is 0.632. The maximum absolute atomic E-state index is 12.6. The van der Waals surface area contributed by atoms with Crippen LogP contribution in [0.3, 0.4) is 0 Å². The Bertz CT molecular complexity index is 780. The summed E-state index contributed by atoms with van der Waals surface area (Å²) in [5.74, 6) is 1.51. The Hall–Kier alpha value is -1.34. The summed E-state index contributed by atoms with van der Waals surface area (Å²) in [5.41, 5.74) is 1.43. The molecule has 26 heavy (non-hydrogen) atoms. The molecule has 140 valence electrons. The Labute approximate surface area is 162 Å². The van der Waals surface area contributed by atoms with Crippen molar-refractivity contribution in [2.75, 3.05) is 13.1 Å². The highest BCUT2D eigenvalue weighted by Crippen LogP contribution is 2.37. The number of thiophene rings is 1. The molecule has 4 rings (SSSR count). The normalized spacial score (nSPS) is 21.5. The van der Waals surface area contributed by atoms with Crippen LogP contribution in [0, 0.1) is 5.92 Å². The van der Waals surface area contributed by atoms with Crippen LogP contribution in [0.1, 0.15) is 50.0 Å². The van der Waals surface area contributed by atoms with Crippen molar-refractivity contribution in [2.45, 2.75) is 62.8 Å². The fourth-order valence-electron chi connectivity index (χ4n) is 3.74. The standard InChI is InChI=1S/C19H25N3O2S2/c1-12-6-7-15-14(10-12)11-16(26-15)17-20-21-19(24-17)25-13(2)18(23)22-8-4-3-5-9-22/h11-13H,3-10H2,1-2H3/t12-,13+/m1/s1. The molecule has 0 bridgehead atoms. The number of likely N-dealkylation sites (tertiary alicyclic amines) is 1. The minimum Gasteiger partial charge on any atom is -0.410 e. The molecule has 5 nitrogen and oxygen atoms in total. The zero-order valence-corrected chi connectivity index (χ0v) is 17.0. The molecule has 0 aromatic carbocycles. The number of amides is 1. The Morgan fingerprint density at radius 1 is 1.35 bits per heavy atom. The van der Waals surface area contributed by atoms with Crippen LogP contribution in [-0.4, -0.2) is 39.3 Å². The Morgan fingerprint density at radius 2 is 2.15 bits per heavy atom. The summed E-state index contributed by atoms with van der Waals surface area (Å²) in [7, 11) is 0. The van der Waals surface area contributed by atoms with E-state index in [9.17, 15) is 4.79 Å². The molecule has 2 atom stereocenters. The van der Waals surface area contributed by atoms with E-state index in [1.165, 1.54) is 35.0 Å². The second-order valence-electron chi connectivity index (χ2n) is 7.43. The molecule has 0 N–H and O–H groups in total. The molecule has 0 unspecified atom stereocenters. The summed E-state index contributed by atoms with van der Waals surface area (Å²) >= 11 is 3.14. The van der Waals surface area contributed by atoms with Gasteiger partial charge in [0.25, 0.3) is 11.1 Å². The zero-order chi connectivity index (χ0) is 18.1. The van der Waals surface area contributed by atoms with E-state index < -0.39 is 0 Å². The van der Waals surface area contributed by atoms with Crippen molar-refractivity contribution in [2.24, 2.45) is 5.92 Å². The van der Waals surface area contributed by atoms with E-state index >= 15 is 0 Å². The molecule has 1 aliphatic carbocycles. The quantitative estimate of drug-likeness (QED) is 0.722. The van der Waals surface area contributed by atoms with Gasteiger partial charge in [0.2, 0.25) is 5.91 Å². The van der Waals surface area contributed by atoms with Gasteiger partial charge in [-0.3, -0.25) is 4.79 Å². The number of piperidine rings is 1. The van der Waals surface area contributed by atoms with E-state index in [1.54, 1.807) is 11.3 Å². The summed E-state index contributed by atoms with van der Waals surface area (Å²) in [6, 6.07) is 2.21. The van der Waals surface area contributed by atoms with Gasteiger partial charge >= 0.3 is 0 Å². The van der Waals surface area contributed by atoms with E-state index in [2.05, 4.69) is 23.2 Å². The molecule has 0 saturated carbocycles. The first-order valence-corrected chi connectivity index (χ1v) is 11.2. The largest absolute Gasteiger partial charge is 0.410 e. The SMILES string of the molecule is C[C@@H]1CCc2sc(-c3nnc(S[C@@H](C)C(=O)N4CCCCC4)o3)cc2C1. The number of carbonyl (C=O) groups excluding carboxylic acids is 1. The smallest absolute Gasteiger partial charge is 0.277 e. The molecule has 2 aromatic rings. The van der Waals surface area contributed by atoms with Crippen LogP contribution in [0.5, 0.6) is 0 Å². The molecule has 2 aromatic heterocycles. The van der Waals surface area contributed by atoms with Crippen LogP contribution < -0.4 is 0 Å². The number of hydrogen-bond donors (Lipinski definition) is 0. The lowest BCUT2D eigenvalue weighted by Gasteiger charge is -2.28. The molecular weight excluding hydrogens is 366 g/mol. The molecule has 7 heteroatoms. The van der Waals surface area contributed by atoms with E-state index in [0.29, 0.717) is 11.1 Å². The van der Waals surface area contributed by atoms with Gasteiger partial charge in [0, 0.05) is 18.0 Å². The predicted molar refractivity (Wildman–Crippen MR) is 105 cm³/mol. The van der Waals surface area contributed by atoms with Crippen molar-refractivity contribution in [1.29, 1.82) is 0 Å². The van der Waals surface area contributed by atoms with Crippen molar-refractivity contribution in [3.63, 3.8) is 0 Å². The lowest BCUT2D eigenvalue weighted by atomic mass is 9.90. The first-order valence-electron chi connectivity index (χ1n) is 9.51. The molecule has 3 heterocycles. The van der Waals surface area contributed by atoms with Gasteiger partial charge in [-0.15, -0.1) is 21.5 Å². The summed E-state index contributed by atoms with van der Waals surface area (Å²) in [4.78, 5) is 17.0. The van der Waals surface area contributed by atoms with Crippen LogP contribution in [0.15, 0.2) is 15.7 Å². The fourth-order valence-corrected chi connectivity index (χ4v) is 5.64. The minimum absolute atomic E-state index is 0.176. The third-order valence-corrected chi connectivity index (χ3v) is 7.39. The number of rotatable bonds is 4. The van der Waals surface area contributed by atoms with Gasteiger partial charge in [-0.2, -0.15) is 0 Å². The summed E-state index contributed by atoms with van der Waals surface area (Å²) in [6.45, 7) is 5.98. The van der Waals surface area contributed by atoms with E-state index in [-0.39, 0.29) is 11.2 Å². The Balaban J connectivity index is 1.42. The topological polar surface area (TPSA) is 59.2 Å². The summed E-state index contributed by atoms with van der Waals surface area (Å²) in [5, 5.41) is 8.67. The number of carbonyl (C=O) groups is 1. The van der Waals surface area contributed by atoms with Gasteiger partial charge in [0.1, 0.15) is 0 Å². The van der Waals surface area contributed by atoms with Gasteiger partial charge in [-0.05, 0) is 63.0 Å². The molecule has 1 aliphatic heterocycles. The first-order chi connectivity index (χ1) is 12.6. The maximum Gasteiger partial charge on any atom is 0.277 e. The highest BCUT2D eigenvalue weighted by molar-refractivity contribution is 8.00. The molecule has 1 saturated heterocycles. The number of aryl methyl sites for hydroxylation is 1. The van der Waals surface area contributed by atoms with Crippen molar-refractivity contribution < 1.29 is 9.21 Å². The third kappa shape index (κ3) is 3.83. The lowest BCUT2D eigenvalue weighted by molar-refractivity contribution is -0.131. The maximum atomic E-state index is 12.6. The number of aromatic nitrogens is 2. The highest BCUT2D eigenvalue weighted by Gasteiger charge is 2.26. The average molecular weight is 392 g/mol. The van der Waals surface area contributed by atoms with E-state index in [4.69, 9.17) is 4.42 Å². The number of fused-ring (bicyclic) bond motifs is 1. The molecule has 1 fully saturated rings.